The summed E-state index contributed by atoms with van der Waals surface area (Å²) in [6.07, 6.45) is 1.18. The predicted molar refractivity (Wildman–Crippen MR) is 90.5 cm³/mol. The first-order valence-corrected chi connectivity index (χ1v) is 9.25. The molecule has 0 aliphatic carbocycles. The number of carbonyl (C=O) groups is 1. The predicted octanol–water partition coefficient (Wildman–Crippen LogP) is 3.57. The van der Waals surface area contributed by atoms with Gasteiger partial charge in [0.05, 0.1) is 5.25 Å². The third kappa shape index (κ3) is 4.42. The first kappa shape index (κ1) is 17.2. The van der Waals surface area contributed by atoms with E-state index in [0.717, 1.165) is 5.56 Å². The van der Waals surface area contributed by atoms with Gasteiger partial charge in [-0.25, -0.2) is 8.42 Å². The maximum absolute atomic E-state index is 11.9. The topological polar surface area (TPSA) is 60.4 Å². The Labute approximate surface area is 137 Å². The molecule has 0 aromatic heterocycles. The first-order chi connectivity index (χ1) is 10.8. The van der Waals surface area contributed by atoms with Gasteiger partial charge in [-0.05, 0) is 37.6 Å². The summed E-state index contributed by atoms with van der Waals surface area (Å²) in [4.78, 5) is 11.6. The summed E-state index contributed by atoms with van der Waals surface area (Å²) in [5.41, 5.74) is 1.97. The van der Waals surface area contributed by atoms with Crippen LogP contribution in [-0.2, 0) is 16.4 Å². The average molecular weight is 332 g/mol. The molecule has 0 aliphatic rings. The Morgan fingerprint density at radius 3 is 2.35 bits per heavy atom. The van der Waals surface area contributed by atoms with E-state index in [2.05, 4.69) is 0 Å². The number of benzene rings is 2. The molecule has 0 heterocycles. The molecular weight excluding hydrogens is 312 g/mol. The van der Waals surface area contributed by atoms with Crippen LogP contribution in [0.5, 0.6) is 5.75 Å². The fourth-order valence-electron chi connectivity index (χ4n) is 2.18. The summed E-state index contributed by atoms with van der Waals surface area (Å²) in [6.45, 7) is 3.39. The van der Waals surface area contributed by atoms with Gasteiger partial charge in [-0.15, -0.1) is 0 Å². The Bertz CT molecular complexity index is 795. The van der Waals surface area contributed by atoms with E-state index >= 15 is 0 Å². The molecule has 0 bridgehead atoms. The Morgan fingerprint density at radius 1 is 1.13 bits per heavy atom. The fourth-order valence-corrected chi connectivity index (χ4v) is 2.83. The van der Waals surface area contributed by atoms with Crippen molar-refractivity contribution in [1.29, 1.82) is 0 Å². The van der Waals surface area contributed by atoms with Crippen molar-refractivity contribution in [3.63, 3.8) is 0 Å². The molecule has 1 atom stereocenters. The van der Waals surface area contributed by atoms with Crippen LogP contribution >= 0.6 is 0 Å². The molecule has 2 aromatic carbocycles. The number of sulfone groups is 1. The molecule has 0 unspecified atom stereocenters. The van der Waals surface area contributed by atoms with Gasteiger partial charge in [-0.3, -0.25) is 4.79 Å². The highest BCUT2D eigenvalue weighted by atomic mass is 32.2. The summed E-state index contributed by atoms with van der Waals surface area (Å²) in [7, 11) is -3.30. The largest absolute Gasteiger partial charge is 0.489 e. The van der Waals surface area contributed by atoms with Gasteiger partial charge in [0.2, 0.25) is 0 Å². The van der Waals surface area contributed by atoms with Crippen LogP contribution in [0.15, 0.2) is 48.5 Å². The van der Waals surface area contributed by atoms with Crippen LogP contribution in [0, 0.1) is 0 Å². The summed E-state index contributed by atoms with van der Waals surface area (Å²) >= 11 is 0. The molecule has 0 saturated heterocycles. The molecule has 2 rings (SSSR count). The van der Waals surface area contributed by atoms with Gasteiger partial charge in [0.25, 0.3) is 0 Å². The molecule has 0 aliphatic heterocycles. The second-order valence-electron chi connectivity index (χ2n) is 5.55. The van der Waals surface area contributed by atoms with Crippen LogP contribution in [0.4, 0.5) is 0 Å². The van der Waals surface area contributed by atoms with Crippen LogP contribution < -0.4 is 4.74 Å². The molecule has 4 nitrogen and oxygen atoms in total. The van der Waals surface area contributed by atoms with Crippen LogP contribution in [0.3, 0.4) is 0 Å². The fraction of sp³-hybridized carbons (Fsp3) is 0.278. The summed E-state index contributed by atoms with van der Waals surface area (Å²) in [6, 6.07) is 14.5. The second kappa shape index (κ2) is 6.96. The van der Waals surface area contributed by atoms with Gasteiger partial charge in [0.1, 0.15) is 12.4 Å². The zero-order chi connectivity index (χ0) is 17.0. The molecule has 0 amide bonds. The molecule has 0 spiro atoms. The minimum absolute atomic E-state index is 0.110. The lowest BCUT2D eigenvalue weighted by molar-refractivity contribution is 0.101. The summed E-state index contributed by atoms with van der Waals surface area (Å²) < 4.78 is 29.6. The van der Waals surface area contributed by atoms with Crippen molar-refractivity contribution in [3.05, 3.63) is 65.2 Å². The zero-order valence-electron chi connectivity index (χ0n) is 13.4. The van der Waals surface area contributed by atoms with Gasteiger partial charge in [0, 0.05) is 17.4 Å². The lowest BCUT2D eigenvalue weighted by atomic mass is 10.0. The van der Waals surface area contributed by atoms with E-state index in [-0.39, 0.29) is 5.78 Å². The molecule has 5 heteroatoms. The number of ketones is 1. The van der Waals surface area contributed by atoms with Crippen LogP contribution in [0.2, 0.25) is 0 Å². The third-order valence-electron chi connectivity index (χ3n) is 3.73. The second-order valence-corrected chi connectivity index (χ2v) is 7.92. The van der Waals surface area contributed by atoms with Crippen LogP contribution in [0.1, 0.15) is 40.6 Å². The minimum Gasteiger partial charge on any atom is -0.489 e. The zero-order valence-corrected chi connectivity index (χ0v) is 14.3. The smallest absolute Gasteiger partial charge is 0.159 e. The molecule has 2 aromatic rings. The van der Waals surface area contributed by atoms with Crippen LogP contribution in [-0.4, -0.2) is 20.5 Å². The molecule has 122 valence electrons. The quantitative estimate of drug-likeness (QED) is 0.759. The van der Waals surface area contributed by atoms with Crippen molar-refractivity contribution in [2.45, 2.75) is 25.7 Å². The highest BCUT2D eigenvalue weighted by Crippen LogP contribution is 2.31. The lowest BCUT2D eigenvalue weighted by Crippen LogP contribution is -2.11. The van der Waals surface area contributed by atoms with Crippen molar-refractivity contribution in [1.82, 2.24) is 0 Å². The van der Waals surface area contributed by atoms with Crippen molar-refractivity contribution in [2.24, 2.45) is 0 Å². The van der Waals surface area contributed by atoms with E-state index in [4.69, 9.17) is 4.74 Å². The maximum atomic E-state index is 11.9. The average Bonchev–Trinajstić information content (AvgIpc) is 2.52. The van der Waals surface area contributed by atoms with E-state index in [1.54, 1.807) is 25.1 Å². The summed E-state index contributed by atoms with van der Waals surface area (Å²) in [5.74, 6) is 0.373. The van der Waals surface area contributed by atoms with Gasteiger partial charge < -0.3 is 4.74 Å². The van der Waals surface area contributed by atoms with E-state index < -0.39 is 15.1 Å². The van der Waals surface area contributed by atoms with E-state index in [1.165, 1.54) is 13.2 Å². The third-order valence-corrected chi connectivity index (χ3v) is 5.27. The van der Waals surface area contributed by atoms with Gasteiger partial charge in [-0.1, -0.05) is 30.3 Å². The highest BCUT2D eigenvalue weighted by molar-refractivity contribution is 7.90. The number of ether oxygens (including phenoxy) is 1. The van der Waals surface area contributed by atoms with Crippen LogP contribution in [0.25, 0.3) is 0 Å². The summed E-state index contributed by atoms with van der Waals surface area (Å²) in [5, 5.41) is -0.743. The highest BCUT2D eigenvalue weighted by Gasteiger charge is 2.22. The molecule has 0 fully saturated rings. The van der Waals surface area contributed by atoms with Gasteiger partial charge >= 0.3 is 0 Å². The Morgan fingerprint density at radius 2 is 1.78 bits per heavy atom. The lowest BCUT2D eigenvalue weighted by Gasteiger charge is -2.17. The number of hydrogen-bond donors (Lipinski definition) is 0. The van der Waals surface area contributed by atoms with Gasteiger partial charge in [-0.2, -0.15) is 0 Å². The standard InChI is InChI=1S/C18H20O4S/c1-13(19)16-9-10-18(17(11-16)14(2)23(3,20)21)22-12-15-7-5-4-6-8-15/h4-11,14H,12H2,1-3H3/t14-/m0/s1. The van der Waals surface area contributed by atoms with E-state index in [0.29, 0.717) is 23.5 Å². The first-order valence-electron chi connectivity index (χ1n) is 7.29. The molecule has 23 heavy (non-hydrogen) atoms. The number of hydrogen-bond acceptors (Lipinski definition) is 4. The van der Waals surface area contributed by atoms with Gasteiger partial charge in [0.15, 0.2) is 15.6 Å². The van der Waals surface area contributed by atoms with Crippen molar-refractivity contribution < 1.29 is 17.9 Å². The Hall–Kier alpha value is -2.14. The Balaban J connectivity index is 2.36. The Kier molecular flexibility index (Phi) is 5.21. The minimum atomic E-state index is -3.30. The van der Waals surface area contributed by atoms with Crippen molar-refractivity contribution >= 4 is 15.6 Å². The van der Waals surface area contributed by atoms with Crippen molar-refractivity contribution in [3.8, 4) is 5.75 Å². The molecule has 0 N–H and O–H groups in total. The SMILES string of the molecule is CC(=O)c1ccc(OCc2ccccc2)c([C@H](C)S(C)(=O)=O)c1. The van der Waals surface area contributed by atoms with E-state index in [1.807, 2.05) is 30.3 Å². The molecule has 0 saturated carbocycles. The monoisotopic (exact) mass is 332 g/mol. The van der Waals surface area contributed by atoms with Crippen molar-refractivity contribution in [2.75, 3.05) is 6.26 Å². The molecule has 0 radical (unpaired) electrons. The maximum Gasteiger partial charge on any atom is 0.159 e. The number of Topliss-reactive ketones (excluding diaryl/α,β-unsaturated/α-hetero) is 1. The molecular formula is C18H20O4S. The number of rotatable bonds is 6. The normalized spacial score (nSPS) is 12.7. The number of carbonyl (C=O) groups excluding carboxylic acids is 1. The van der Waals surface area contributed by atoms with E-state index in [9.17, 15) is 13.2 Å².